The van der Waals surface area contributed by atoms with E-state index in [2.05, 4.69) is 6.92 Å². The number of hydrogen-bond donors (Lipinski definition) is 1. The molecular weight excluding hydrogens is 382 g/mol. The molecule has 0 aliphatic carbocycles. The van der Waals surface area contributed by atoms with Gasteiger partial charge < -0.3 is 19.2 Å². The number of aliphatic hydroxyl groups excluding tert-OH is 1. The largest absolute Gasteiger partial charge is 0.494 e. The molecule has 1 atom stereocenters. The predicted octanol–water partition coefficient (Wildman–Crippen LogP) is 3.90. The van der Waals surface area contributed by atoms with Crippen molar-refractivity contribution >= 4 is 16.9 Å². The highest BCUT2D eigenvalue weighted by molar-refractivity contribution is 5.99. The van der Waals surface area contributed by atoms with E-state index in [0.29, 0.717) is 28.9 Å². The Morgan fingerprint density at radius 1 is 1.10 bits per heavy atom. The Hall–Kier alpha value is -3.12. The fourth-order valence-electron chi connectivity index (χ4n) is 3.97. The summed E-state index contributed by atoms with van der Waals surface area (Å²) in [6.07, 6.45) is 3.19. The van der Waals surface area contributed by atoms with Crippen molar-refractivity contribution in [3.05, 3.63) is 75.6 Å². The van der Waals surface area contributed by atoms with E-state index in [9.17, 15) is 14.7 Å². The molecule has 3 aromatic rings. The number of fused-ring (bicyclic) bond motifs is 2. The van der Waals surface area contributed by atoms with Crippen molar-refractivity contribution < 1.29 is 19.1 Å². The first-order valence-electron chi connectivity index (χ1n) is 10.4. The van der Waals surface area contributed by atoms with E-state index in [0.717, 1.165) is 24.8 Å². The summed E-state index contributed by atoms with van der Waals surface area (Å²) in [5.41, 5.74) is 1.23. The molecule has 0 fully saturated rings. The number of nitrogens with zero attached hydrogens (tertiary/aromatic N) is 1. The molecule has 0 bridgehead atoms. The lowest BCUT2D eigenvalue weighted by molar-refractivity contribution is 0.0691. The van der Waals surface area contributed by atoms with Crippen LogP contribution in [0.2, 0.25) is 0 Å². The van der Waals surface area contributed by atoms with Crippen LogP contribution in [0.25, 0.3) is 11.0 Å². The second kappa shape index (κ2) is 8.71. The van der Waals surface area contributed by atoms with Gasteiger partial charge in [-0.3, -0.25) is 9.59 Å². The summed E-state index contributed by atoms with van der Waals surface area (Å²) in [5.74, 6) is 0.353. The van der Waals surface area contributed by atoms with Gasteiger partial charge in [-0.05, 0) is 36.2 Å². The van der Waals surface area contributed by atoms with Crippen LogP contribution < -0.4 is 10.2 Å². The van der Waals surface area contributed by atoms with E-state index < -0.39 is 6.04 Å². The quantitative estimate of drug-likeness (QED) is 0.573. The summed E-state index contributed by atoms with van der Waals surface area (Å²) in [6, 6.07) is 13.7. The van der Waals surface area contributed by atoms with Crippen LogP contribution >= 0.6 is 0 Å². The molecule has 1 N–H and O–H groups in total. The van der Waals surface area contributed by atoms with Crippen LogP contribution in [0.3, 0.4) is 0 Å². The number of para-hydroxylation sites is 1. The van der Waals surface area contributed by atoms with Crippen LogP contribution in [0.5, 0.6) is 5.75 Å². The Morgan fingerprint density at radius 2 is 1.93 bits per heavy atom. The minimum atomic E-state index is -0.625. The fourth-order valence-corrected chi connectivity index (χ4v) is 3.97. The van der Waals surface area contributed by atoms with Crippen molar-refractivity contribution in [1.82, 2.24) is 4.90 Å². The molecule has 6 heteroatoms. The summed E-state index contributed by atoms with van der Waals surface area (Å²) in [6.45, 7) is 2.65. The molecule has 0 spiro atoms. The number of rotatable bonds is 8. The smallest absolute Gasteiger partial charge is 0.290 e. The third-order valence-corrected chi connectivity index (χ3v) is 5.40. The van der Waals surface area contributed by atoms with Gasteiger partial charge >= 0.3 is 0 Å². The second-order valence-electron chi connectivity index (χ2n) is 7.42. The first-order valence-corrected chi connectivity index (χ1v) is 10.4. The average molecular weight is 407 g/mol. The third-order valence-electron chi connectivity index (χ3n) is 5.40. The van der Waals surface area contributed by atoms with Crippen molar-refractivity contribution in [1.29, 1.82) is 0 Å². The number of amides is 1. The summed E-state index contributed by atoms with van der Waals surface area (Å²) < 4.78 is 11.7. The maximum absolute atomic E-state index is 13.3. The van der Waals surface area contributed by atoms with Gasteiger partial charge in [-0.25, -0.2) is 0 Å². The highest BCUT2D eigenvalue weighted by atomic mass is 16.5. The van der Waals surface area contributed by atoms with Gasteiger partial charge in [0.05, 0.1) is 30.2 Å². The number of carbonyl (C=O) groups is 1. The molecule has 156 valence electrons. The lowest BCUT2D eigenvalue weighted by Crippen LogP contribution is -2.32. The first-order chi connectivity index (χ1) is 14.7. The maximum Gasteiger partial charge on any atom is 0.290 e. The second-order valence-corrected chi connectivity index (χ2v) is 7.42. The standard InChI is InChI=1S/C24H25NO5/c1-2-3-6-14-29-17-9-7-8-16(15-17)21-20-22(27)18-10-4-5-11-19(18)30-23(20)24(28)25(21)12-13-26/h4-5,7-11,15,21,26H,2-3,6,12-14H2,1H3/t21-/m1/s1. The zero-order valence-corrected chi connectivity index (χ0v) is 17.0. The number of aliphatic hydroxyl groups is 1. The van der Waals surface area contributed by atoms with Crippen molar-refractivity contribution in [2.45, 2.75) is 32.2 Å². The van der Waals surface area contributed by atoms with Crippen LogP contribution in [0.15, 0.2) is 57.7 Å². The molecule has 1 amide bonds. The van der Waals surface area contributed by atoms with E-state index in [4.69, 9.17) is 9.15 Å². The Balaban J connectivity index is 1.78. The van der Waals surface area contributed by atoms with E-state index in [1.165, 1.54) is 4.90 Å². The molecule has 1 aromatic heterocycles. The van der Waals surface area contributed by atoms with Gasteiger partial charge in [-0.2, -0.15) is 0 Å². The van der Waals surface area contributed by atoms with Crippen molar-refractivity contribution in [2.75, 3.05) is 19.8 Å². The molecule has 0 saturated carbocycles. The van der Waals surface area contributed by atoms with Gasteiger partial charge in [0.25, 0.3) is 5.91 Å². The zero-order chi connectivity index (χ0) is 21.1. The van der Waals surface area contributed by atoms with Gasteiger partial charge in [0.15, 0.2) is 5.43 Å². The third kappa shape index (κ3) is 3.59. The number of β-amino-alcohol motifs (C(OH)–C–C–N with tert-alkyl or cyclic N) is 1. The van der Waals surface area contributed by atoms with Crippen LogP contribution in [0.1, 0.15) is 53.9 Å². The molecule has 2 aromatic carbocycles. The van der Waals surface area contributed by atoms with E-state index in [1.807, 2.05) is 24.3 Å². The van der Waals surface area contributed by atoms with Gasteiger partial charge in [0, 0.05) is 6.54 Å². The molecule has 4 rings (SSSR count). The van der Waals surface area contributed by atoms with Crippen LogP contribution in [0, 0.1) is 0 Å². The summed E-state index contributed by atoms with van der Waals surface area (Å²) in [7, 11) is 0. The summed E-state index contributed by atoms with van der Waals surface area (Å²) in [5, 5.41) is 9.98. The summed E-state index contributed by atoms with van der Waals surface area (Å²) in [4.78, 5) is 27.8. The number of hydrogen-bond acceptors (Lipinski definition) is 5. The van der Waals surface area contributed by atoms with Crippen LogP contribution in [-0.2, 0) is 0 Å². The Kier molecular flexibility index (Phi) is 5.86. The monoisotopic (exact) mass is 407 g/mol. The van der Waals surface area contributed by atoms with Gasteiger partial charge in [0.2, 0.25) is 5.76 Å². The van der Waals surface area contributed by atoms with Gasteiger partial charge in [-0.1, -0.05) is 44.0 Å². The lowest BCUT2D eigenvalue weighted by Gasteiger charge is -2.24. The zero-order valence-electron chi connectivity index (χ0n) is 17.0. The molecule has 0 radical (unpaired) electrons. The average Bonchev–Trinajstić information content (AvgIpc) is 3.04. The number of benzene rings is 2. The lowest BCUT2D eigenvalue weighted by atomic mass is 9.98. The molecule has 6 nitrogen and oxygen atoms in total. The molecule has 30 heavy (non-hydrogen) atoms. The van der Waals surface area contributed by atoms with E-state index >= 15 is 0 Å². The van der Waals surface area contributed by atoms with Gasteiger partial charge in [-0.15, -0.1) is 0 Å². The molecular formula is C24H25NO5. The first kappa shape index (κ1) is 20.2. The molecule has 1 aliphatic heterocycles. The van der Waals surface area contributed by atoms with Crippen molar-refractivity contribution in [3.63, 3.8) is 0 Å². The molecule has 0 unspecified atom stereocenters. The number of unbranched alkanes of at least 4 members (excludes halogenated alkanes) is 2. The molecule has 2 heterocycles. The topological polar surface area (TPSA) is 80.0 Å². The minimum Gasteiger partial charge on any atom is -0.494 e. The summed E-state index contributed by atoms with van der Waals surface area (Å²) >= 11 is 0. The number of ether oxygens (including phenoxy) is 1. The fraction of sp³-hybridized carbons (Fsp3) is 0.333. The number of carbonyl (C=O) groups excluding carboxylic acids is 1. The van der Waals surface area contributed by atoms with Crippen molar-refractivity contribution in [2.24, 2.45) is 0 Å². The Bertz CT molecular complexity index is 1120. The maximum atomic E-state index is 13.3. The van der Waals surface area contributed by atoms with Crippen LogP contribution in [0.4, 0.5) is 0 Å². The predicted molar refractivity (Wildman–Crippen MR) is 114 cm³/mol. The highest BCUT2D eigenvalue weighted by Gasteiger charge is 2.42. The van der Waals surface area contributed by atoms with E-state index in [-0.39, 0.29) is 30.2 Å². The van der Waals surface area contributed by atoms with Crippen LogP contribution in [-0.4, -0.2) is 35.7 Å². The van der Waals surface area contributed by atoms with Gasteiger partial charge in [0.1, 0.15) is 11.3 Å². The molecule has 0 saturated heterocycles. The SMILES string of the molecule is CCCCCOc1cccc([C@@H]2c3c(oc4ccccc4c3=O)C(=O)N2CCO)c1. The van der Waals surface area contributed by atoms with E-state index in [1.54, 1.807) is 24.3 Å². The molecule has 1 aliphatic rings. The Labute approximate surface area is 174 Å². The van der Waals surface area contributed by atoms with Crippen molar-refractivity contribution in [3.8, 4) is 5.75 Å². The normalized spacial score (nSPS) is 15.6. The highest BCUT2D eigenvalue weighted by Crippen LogP contribution is 2.38. The minimum absolute atomic E-state index is 0.0476. The Morgan fingerprint density at radius 3 is 2.73 bits per heavy atom.